The van der Waals surface area contributed by atoms with Crippen LogP contribution in [-0.4, -0.2) is 26.4 Å². The van der Waals surface area contributed by atoms with Crippen LogP contribution >= 0.6 is 11.8 Å². The van der Waals surface area contributed by atoms with E-state index in [9.17, 15) is 4.79 Å². The molecule has 0 saturated carbocycles. The van der Waals surface area contributed by atoms with Crippen LogP contribution in [0.5, 0.6) is 0 Å². The molecule has 2 heterocycles. The van der Waals surface area contributed by atoms with Gasteiger partial charge in [-0.15, -0.1) is 0 Å². The second-order valence-corrected chi connectivity index (χ2v) is 6.46. The number of oxazole rings is 1. The summed E-state index contributed by atoms with van der Waals surface area (Å²) in [5.74, 6) is 1.00. The maximum absolute atomic E-state index is 12.2. The van der Waals surface area contributed by atoms with E-state index >= 15 is 0 Å². The number of fused-ring (bicyclic) bond motifs is 2. The lowest BCUT2D eigenvalue weighted by Gasteiger charge is -2.06. The van der Waals surface area contributed by atoms with Gasteiger partial charge in [-0.1, -0.05) is 23.9 Å². The Hall–Kier alpha value is -2.28. The molecule has 23 heavy (non-hydrogen) atoms. The number of hydrogen-bond donors (Lipinski definition) is 1. The summed E-state index contributed by atoms with van der Waals surface area (Å²) in [6.07, 6.45) is 3.09. The van der Waals surface area contributed by atoms with Gasteiger partial charge in [0.05, 0.1) is 11.4 Å². The van der Waals surface area contributed by atoms with Gasteiger partial charge in [0, 0.05) is 12.6 Å². The van der Waals surface area contributed by atoms with Crippen LogP contribution in [0, 0.1) is 0 Å². The van der Waals surface area contributed by atoms with Crippen LogP contribution < -0.4 is 5.32 Å². The highest BCUT2D eigenvalue weighted by atomic mass is 32.2. The predicted octanol–water partition coefficient (Wildman–Crippen LogP) is 2.78. The maximum atomic E-state index is 12.2. The first-order valence-electron chi connectivity index (χ1n) is 7.53. The Morgan fingerprint density at radius 3 is 3.13 bits per heavy atom. The maximum Gasteiger partial charge on any atom is 0.257 e. The highest BCUT2D eigenvalue weighted by molar-refractivity contribution is 7.99. The molecule has 2 aromatic heterocycles. The molecular formula is C16H16N4O2S. The number of anilines is 1. The van der Waals surface area contributed by atoms with E-state index in [2.05, 4.69) is 15.4 Å². The van der Waals surface area contributed by atoms with Crippen molar-refractivity contribution in [3.8, 4) is 0 Å². The molecule has 1 aliphatic carbocycles. The predicted molar refractivity (Wildman–Crippen MR) is 88.6 cm³/mol. The van der Waals surface area contributed by atoms with Crippen LogP contribution in [0.4, 0.5) is 5.82 Å². The van der Waals surface area contributed by atoms with Crippen LogP contribution in [0.25, 0.3) is 11.1 Å². The standard InChI is InChI=1S/C16H16N4O2S/c1-20-15(10-5-4-7-11(10)19-20)18-14(21)9-23-16-17-12-6-2-3-8-13(12)22-16/h2-3,6,8H,4-5,7,9H2,1H3,(H,18,21). The fourth-order valence-corrected chi connectivity index (χ4v) is 3.52. The number of amides is 1. The highest BCUT2D eigenvalue weighted by Gasteiger charge is 2.22. The molecule has 0 radical (unpaired) electrons. The normalized spacial score (nSPS) is 13.4. The van der Waals surface area contributed by atoms with Crippen LogP contribution in [-0.2, 0) is 24.7 Å². The zero-order valence-electron chi connectivity index (χ0n) is 12.7. The molecule has 4 rings (SSSR count). The average molecular weight is 328 g/mol. The number of aryl methyl sites for hydroxylation is 2. The Bertz CT molecular complexity index is 850. The van der Waals surface area contributed by atoms with E-state index in [0.29, 0.717) is 5.22 Å². The summed E-state index contributed by atoms with van der Waals surface area (Å²) in [5, 5.41) is 7.93. The molecule has 1 aliphatic rings. The highest BCUT2D eigenvalue weighted by Crippen LogP contribution is 2.28. The Balaban J connectivity index is 1.42. The first-order valence-corrected chi connectivity index (χ1v) is 8.52. The molecule has 7 heteroatoms. The van der Waals surface area contributed by atoms with Crippen molar-refractivity contribution in [1.29, 1.82) is 0 Å². The van der Waals surface area contributed by atoms with Crippen LogP contribution in [0.3, 0.4) is 0 Å². The molecule has 3 aromatic rings. The molecule has 118 valence electrons. The van der Waals surface area contributed by atoms with Gasteiger partial charge in [-0.3, -0.25) is 9.48 Å². The van der Waals surface area contributed by atoms with Crippen molar-refractivity contribution < 1.29 is 9.21 Å². The Kier molecular flexibility index (Phi) is 3.57. The van der Waals surface area contributed by atoms with Gasteiger partial charge in [0.1, 0.15) is 11.3 Å². The van der Waals surface area contributed by atoms with Gasteiger partial charge >= 0.3 is 0 Å². The number of aromatic nitrogens is 3. The molecule has 0 fully saturated rings. The molecule has 0 spiro atoms. The number of carbonyl (C=O) groups excluding carboxylic acids is 1. The lowest BCUT2D eigenvalue weighted by molar-refractivity contribution is -0.113. The molecule has 0 aliphatic heterocycles. The SMILES string of the molecule is Cn1nc2c(c1NC(=O)CSc1nc3ccccc3o1)CCC2. The van der Waals surface area contributed by atoms with Crippen LogP contribution in [0.2, 0.25) is 0 Å². The van der Waals surface area contributed by atoms with Crippen molar-refractivity contribution in [3.63, 3.8) is 0 Å². The zero-order valence-corrected chi connectivity index (χ0v) is 13.5. The lowest BCUT2D eigenvalue weighted by Crippen LogP contribution is -2.17. The third-order valence-corrected chi connectivity index (χ3v) is 4.76. The fourth-order valence-electron chi connectivity index (χ4n) is 2.88. The first kappa shape index (κ1) is 14.3. The molecule has 0 bridgehead atoms. The van der Waals surface area contributed by atoms with Gasteiger partial charge in [0.2, 0.25) is 5.91 Å². The molecule has 1 aromatic carbocycles. The minimum Gasteiger partial charge on any atom is -0.431 e. The van der Waals surface area contributed by atoms with Crippen LogP contribution in [0.1, 0.15) is 17.7 Å². The monoisotopic (exact) mass is 328 g/mol. The van der Waals surface area contributed by atoms with Crippen LogP contribution in [0.15, 0.2) is 33.9 Å². The summed E-state index contributed by atoms with van der Waals surface area (Å²) in [6, 6.07) is 7.57. The Morgan fingerprint density at radius 1 is 1.39 bits per heavy atom. The topological polar surface area (TPSA) is 73.0 Å². The first-order chi connectivity index (χ1) is 11.2. The van der Waals surface area contributed by atoms with Crippen molar-refractivity contribution in [2.75, 3.05) is 11.1 Å². The number of hydrogen-bond acceptors (Lipinski definition) is 5. The van der Waals surface area contributed by atoms with Crippen molar-refractivity contribution >= 4 is 34.6 Å². The second kappa shape index (κ2) is 5.73. The minimum absolute atomic E-state index is 0.0741. The van der Waals surface area contributed by atoms with Gasteiger partial charge in [-0.25, -0.2) is 4.98 Å². The van der Waals surface area contributed by atoms with Gasteiger partial charge in [-0.2, -0.15) is 5.10 Å². The van der Waals surface area contributed by atoms with E-state index in [1.807, 2.05) is 31.3 Å². The number of carbonyl (C=O) groups is 1. The number of rotatable bonds is 4. The van der Waals surface area contributed by atoms with E-state index in [1.54, 1.807) is 4.68 Å². The number of thioether (sulfide) groups is 1. The smallest absolute Gasteiger partial charge is 0.257 e. The third kappa shape index (κ3) is 2.72. The van der Waals surface area contributed by atoms with Gasteiger partial charge in [0.25, 0.3) is 5.22 Å². The molecule has 0 saturated heterocycles. The van der Waals surface area contributed by atoms with Crippen molar-refractivity contribution in [2.24, 2.45) is 7.05 Å². The Labute approximate surface area is 137 Å². The second-order valence-electron chi connectivity index (χ2n) is 5.54. The molecule has 1 N–H and O–H groups in total. The van der Waals surface area contributed by atoms with Crippen molar-refractivity contribution in [2.45, 2.75) is 24.5 Å². The number of para-hydroxylation sites is 2. The molecule has 0 unspecified atom stereocenters. The average Bonchev–Trinajstić information content (AvgIpc) is 3.21. The van der Waals surface area contributed by atoms with E-state index in [-0.39, 0.29) is 11.7 Å². The molecular weight excluding hydrogens is 312 g/mol. The summed E-state index contributed by atoms with van der Waals surface area (Å²) >= 11 is 1.30. The van der Waals surface area contributed by atoms with Crippen molar-refractivity contribution in [3.05, 3.63) is 35.5 Å². The quantitative estimate of drug-likeness (QED) is 0.746. The molecule has 1 amide bonds. The van der Waals surface area contributed by atoms with Gasteiger partial charge < -0.3 is 9.73 Å². The summed E-state index contributed by atoms with van der Waals surface area (Å²) < 4.78 is 7.36. The summed E-state index contributed by atoms with van der Waals surface area (Å²) in [5.41, 5.74) is 3.82. The summed E-state index contributed by atoms with van der Waals surface area (Å²) in [7, 11) is 1.86. The largest absolute Gasteiger partial charge is 0.431 e. The van der Waals surface area contributed by atoms with E-state index in [0.717, 1.165) is 41.9 Å². The molecule has 6 nitrogen and oxygen atoms in total. The molecule has 0 atom stereocenters. The van der Waals surface area contributed by atoms with E-state index in [4.69, 9.17) is 4.42 Å². The zero-order chi connectivity index (χ0) is 15.8. The minimum atomic E-state index is -0.0741. The Morgan fingerprint density at radius 2 is 2.26 bits per heavy atom. The lowest BCUT2D eigenvalue weighted by atomic mass is 10.2. The number of nitrogens with one attached hydrogen (secondary N) is 1. The summed E-state index contributed by atoms with van der Waals surface area (Å²) in [4.78, 5) is 16.6. The summed E-state index contributed by atoms with van der Waals surface area (Å²) in [6.45, 7) is 0. The van der Waals surface area contributed by atoms with E-state index < -0.39 is 0 Å². The van der Waals surface area contributed by atoms with Gasteiger partial charge in [-0.05, 0) is 31.4 Å². The third-order valence-electron chi connectivity index (χ3n) is 3.93. The van der Waals surface area contributed by atoms with E-state index in [1.165, 1.54) is 17.3 Å². The van der Waals surface area contributed by atoms with Gasteiger partial charge in [0.15, 0.2) is 5.58 Å². The number of nitrogens with zero attached hydrogens (tertiary/aromatic N) is 3. The number of benzene rings is 1. The van der Waals surface area contributed by atoms with Crippen molar-refractivity contribution in [1.82, 2.24) is 14.8 Å². The fraction of sp³-hybridized carbons (Fsp3) is 0.312.